The molecule has 3 rings (SSSR count). The third-order valence-corrected chi connectivity index (χ3v) is 7.92. The molecule has 0 radical (unpaired) electrons. The monoisotopic (exact) mass is 660 g/mol. The minimum absolute atomic E-state index is 0.0758. The van der Waals surface area contributed by atoms with E-state index in [1.807, 2.05) is 13.8 Å². The van der Waals surface area contributed by atoms with Gasteiger partial charge in [0.25, 0.3) is 0 Å². The highest BCUT2D eigenvalue weighted by Crippen LogP contribution is 2.47. The zero-order chi connectivity index (χ0) is 33.2. The van der Waals surface area contributed by atoms with Crippen molar-refractivity contribution in [1.29, 1.82) is 0 Å². The summed E-state index contributed by atoms with van der Waals surface area (Å²) in [5.74, 6) is -2.38. The largest absolute Gasteiger partial charge is 0.422 e. The highest BCUT2D eigenvalue weighted by molar-refractivity contribution is 6.33. The molecular formula is C35H42Cl2O8. The molecule has 0 aliphatic rings. The summed E-state index contributed by atoms with van der Waals surface area (Å²) < 4.78 is 28.8. The van der Waals surface area contributed by atoms with E-state index in [9.17, 15) is 14.4 Å². The number of hydrogen-bond acceptors (Lipinski definition) is 8. The van der Waals surface area contributed by atoms with E-state index in [1.54, 1.807) is 70.2 Å². The normalized spacial score (nSPS) is 11.8. The lowest BCUT2D eigenvalue weighted by Gasteiger charge is -2.26. The summed E-state index contributed by atoms with van der Waals surface area (Å²) in [6, 6.07) is 12.9. The van der Waals surface area contributed by atoms with Gasteiger partial charge in [0.05, 0.1) is 21.4 Å². The fraction of sp³-hybridized carbons (Fsp3) is 0.457. The molecular weight excluding hydrogens is 619 g/mol. The fourth-order valence-electron chi connectivity index (χ4n) is 4.53. The molecule has 0 saturated heterocycles. The lowest BCUT2D eigenvalue weighted by Crippen LogP contribution is -2.31. The average Bonchev–Trinajstić information content (AvgIpc) is 2.99. The van der Waals surface area contributed by atoms with Gasteiger partial charge in [0, 0.05) is 36.8 Å². The Morgan fingerprint density at radius 2 is 1.29 bits per heavy atom. The minimum Gasteiger partial charge on any atom is -0.422 e. The maximum atomic E-state index is 13.7. The zero-order valence-electron chi connectivity index (χ0n) is 26.8. The first-order chi connectivity index (χ1) is 21.3. The van der Waals surface area contributed by atoms with Crippen molar-refractivity contribution in [1.82, 2.24) is 0 Å². The Hall–Kier alpha value is -3.17. The predicted octanol–water partition coefficient (Wildman–Crippen LogP) is 8.86. The summed E-state index contributed by atoms with van der Waals surface area (Å²) in [6.07, 6.45) is 2.22. The maximum absolute atomic E-state index is 13.7. The predicted molar refractivity (Wildman–Crippen MR) is 176 cm³/mol. The van der Waals surface area contributed by atoms with E-state index in [4.69, 9.17) is 46.9 Å². The molecule has 0 heterocycles. The van der Waals surface area contributed by atoms with Crippen molar-refractivity contribution in [3.8, 4) is 17.2 Å². The van der Waals surface area contributed by atoms with Crippen LogP contribution in [0.4, 0.5) is 0 Å². The molecule has 0 amide bonds. The first-order valence-electron chi connectivity index (χ1n) is 15.1. The quantitative estimate of drug-likeness (QED) is 0.0853. The fourth-order valence-corrected chi connectivity index (χ4v) is 4.92. The third-order valence-electron chi connectivity index (χ3n) is 7.36. The van der Waals surface area contributed by atoms with Crippen molar-refractivity contribution in [2.75, 3.05) is 26.4 Å². The van der Waals surface area contributed by atoms with Crippen LogP contribution in [0.5, 0.6) is 17.2 Å². The van der Waals surface area contributed by atoms with Gasteiger partial charge in [-0.25, -0.2) is 4.79 Å². The van der Waals surface area contributed by atoms with E-state index >= 15 is 0 Å². The van der Waals surface area contributed by atoms with Gasteiger partial charge in [-0.3, -0.25) is 9.59 Å². The number of esters is 3. The van der Waals surface area contributed by atoms with Crippen molar-refractivity contribution < 1.29 is 38.1 Å². The van der Waals surface area contributed by atoms with Crippen molar-refractivity contribution in [2.45, 2.75) is 67.2 Å². The van der Waals surface area contributed by atoms with Gasteiger partial charge >= 0.3 is 17.9 Å². The van der Waals surface area contributed by atoms with Gasteiger partial charge < -0.3 is 23.7 Å². The molecule has 0 bridgehead atoms. The first kappa shape index (κ1) is 36.3. The number of benzene rings is 3. The summed E-state index contributed by atoms with van der Waals surface area (Å²) in [7, 11) is 0. The molecule has 3 aromatic rings. The number of halogens is 2. The standard InChI is InChI=1S/C35H42Cl2O8/c1-7-41-19-11-17-34(3,4)32(39)43-28-21-23-15-16-24(36)22-26(23)29(44-31(38)25-13-9-10-14-27(25)37)30(28)45-33(40)35(5,6)18-12-20-42-8-2/h9-10,13-16,21-22H,7-8,11-12,17-20H2,1-6H3. The Kier molecular flexibility index (Phi) is 13.2. The smallest absolute Gasteiger partial charge is 0.345 e. The molecule has 8 nitrogen and oxygen atoms in total. The van der Waals surface area contributed by atoms with Gasteiger partial charge in [-0.2, -0.15) is 0 Å². The molecule has 10 heteroatoms. The van der Waals surface area contributed by atoms with Crippen LogP contribution >= 0.6 is 23.2 Å². The Labute approximate surface area is 275 Å². The molecule has 0 aromatic heterocycles. The van der Waals surface area contributed by atoms with Gasteiger partial charge in [-0.1, -0.05) is 41.4 Å². The van der Waals surface area contributed by atoms with Crippen molar-refractivity contribution in [3.63, 3.8) is 0 Å². The summed E-state index contributed by atoms with van der Waals surface area (Å²) in [5, 5.41) is 1.44. The highest BCUT2D eigenvalue weighted by atomic mass is 35.5. The second-order valence-electron chi connectivity index (χ2n) is 11.9. The molecule has 0 aliphatic heterocycles. The van der Waals surface area contributed by atoms with Gasteiger partial charge in [0.2, 0.25) is 5.75 Å². The van der Waals surface area contributed by atoms with E-state index in [1.165, 1.54) is 6.07 Å². The van der Waals surface area contributed by atoms with Crippen LogP contribution < -0.4 is 14.2 Å². The number of hydrogen-bond donors (Lipinski definition) is 0. The summed E-state index contributed by atoms with van der Waals surface area (Å²) >= 11 is 12.7. The zero-order valence-corrected chi connectivity index (χ0v) is 28.3. The number of rotatable bonds is 16. The SMILES string of the molecule is CCOCCCC(C)(C)C(=O)Oc1cc2ccc(Cl)cc2c(OC(=O)c2ccccc2Cl)c1OC(=O)C(C)(C)CCCOCC. The second kappa shape index (κ2) is 16.4. The van der Waals surface area contributed by atoms with Crippen LogP contribution in [0.15, 0.2) is 48.5 Å². The number of fused-ring (bicyclic) bond motifs is 1. The van der Waals surface area contributed by atoms with Gasteiger partial charge in [-0.05, 0) is 103 Å². The van der Waals surface area contributed by atoms with E-state index in [-0.39, 0.29) is 27.8 Å². The summed E-state index contributed by atoms with van der Waals surface area (Å²) in [6.45, 7) is 13.0. The van der Waals surface area contributed by atoms with Crippen LogP contribution in [0.2, 0.25) is 10.0 Å². The molecule has 0 aliphatic carbocycles. The Morgan fingerprint density at radius 1 is 0.711 bits per heavy atom. The Morgan fingerprint density at radius 3 is 1.87 bits per heavy atom. The molecule has 45 heavy (non-hydrogen) atoms. The van der Waals surface area contributed by atoms with Crippen LogP contribution in [-0.4, -0.2) is 44.3 Å². The molecule has 3 aromatic carbocycles. The van der Waals surface area contributed by atoms with Crippen LogP contribution in [0.25, 0.3) is 10.8 Å². The Balaban J connectivity index is 2.12. The molecule has 0 N–H and O–H groups in total. The molecule has 0 saturated carbocycles. The van der Waals surface area contributed by atoms with E-state index in [0.717, 1.165) is 0 Å². The maximum Gasteiger partial charge on any atom is 0.345 e. The molecule has 0 fully saturated rings. The lowest BCUT2D eigenvalue weighted by molar-refractivity contribution is -0.147. The summed E-state index contributed by atoms with van der Waals surface area (Å²) in [5.41, 5.74) is -1.76. The van der Waals surface area contributed by atoms with Gasteiger partial charge in [-0.15, -0.1) is 0 Å². The van der Waals surface area contributed by atoms with E-state index < -0.39 is 28.7 Å². The van der Waals surface area contributed by atoms with E-state index in [0.29, 0.717) is 67.9 Å². The minimum atomic E-state index is -0.954. The third kappa shape index (κ3) is 9.91. The van der Waals surface area contributed by atoms with Crippen molar-refractivity contribution in [2.24, 2.45) is 10.8 Å². The van der Waals surface area contributed by atoms with E-state index in [2.05, 4.69) is 0 Å². The van der Waals surface area contributed by atoms with Gasteiger partial charge in [0.15, 0.2) is 11.5 Å². The van der Waals surface area contributed by atoms with Crippen LogP contribution in [0.1, 0.15) is 77.6 Å². The number of ether oxygens (including phenoxy) is 5. The Bertz CT molecular complexity index is 1500. The van der Waals surface area contributed by atoms with Crippen LogP contribution in [0, 0.1) is 10.8 Å². The highest BCUT2D eigenvalue weighted by Gasteiger charge is 2.35. The van der Waals surface area contributed by atoms with Crippen LogP contribution in [-0.2, 0) is 19.1 Å². The number of carbonyl (C=O) groups is 3. The van der Waals surface area contributed by atoms with Crippen molar-refractivity contribution >= 4 is 51.9 Å². The number of carbonyl (C=O) groups excluding carboxylic acids is 3. The van der Waals surface area contributed by atoms with Gasteiger partial charge in [0.1, 0.15) is 0 Å². The topological polar surface area (TPSA) is 97.4 Å². The second-order valence-corrected chi connectivity index (χ2v) is 12.8. The summed E-state index contributed by atoms with van der Waals surface area (Å²) in [4.78, 5) is 40.7. The van der Waals surface area contributed by atoms with Crippen LogP contribution in [0.3, 0.4) is 0 Å². The first-order valence-corrected chi connectivity index (χ1v) is 15.9. The molecule has 244 valence electrons. The molecule has 0 atom stereocenters. The lowest BCUT2D eigenvalue weighted by atomic mass is 9.88. The van der Waals surface area contributed by atoms with Crippen molar-refractivity contribution in [3.05, 3.63) is 64.1 Å². The average molecular weight is 662 g/mol. The molecule has 0 spiro atoms. The molecule has 0 unspecified atom stereocenters.